The third-order valence-corrected chi connectivity index (χ3v) is 7.20. The van der Waals surface area contributed by atoms with Crippen LogP contribution < -0.4 is 16.0 Å². The Bertz CT molecular complexity index is 827. The predicted octanol–water partition coefficient (Wildman–Crippen LogP) is 1.48. The van der Waals surface area contributed by atoms with Crippen LogP contribution in [0, 0.1) is 12.7 Å². The molecule has 0 aromatic heterocycles. The van der Waals surface area contributed by atoms with Crippen molar-refractivity contribution in [2.24, 2.45) is 0 Å². The topological polar surface area (TPSA) is 104 Å². The lowest BCUT2D eigenvalue weighted by Gasteiger charge is -2.16. The molecule has 3 amide bonds. The van der Waals surface area contributed by atoms with Crippen LogP contribution in [0.2, 0.25) is 0 Å². The number of halogens is 1. The summed E-state index contributed by atoms with van der Waals surface area (Å²) in [5.41, 5.74) is 1.21. The number of hydrogen-bond acceptors (Lipinski definition) is 4. The van der Waals surface area contributed by atoms with Gasteiger partial charge in [-0.25, -0.2) is 17.6 Å². The zero-order valence-electron chi connectivity index (χ0n) is 14.4. The van der Waals surface area contributed by atoms with Gasteiger partial charge in [0.15, 0.2) is 9.84 Å². The summed E-state index contributed by atoms with van der Waals surface area (Å²) in [7, 11) is -3.24. The second-order valence-electron chi connectivity index (χ2n) is 6.87. The number of amides is 3. The second kappa shape index (κ2) is 7.22. The number of rotatable bonds is 6. The van der Waals surface area contributed by atoms with Gasteiger partial charge in [0.2, 0.25) is 5.91 Å². The maximum Gasteiger partial charge on any atom is 0.315 e. The van der Waals surface area contributed by atoms with Crippen molar-refractivity contribution < 1.29 is 22.4 Å². The lowest BCUT2D eigenvalue weighted by Crippen LogP contribution is -2.39. The number of aryl methyl sites for hydroxylation is 1. The van der Waals surface area contributed by atoms with Crippen LogP contribution in [0.15, 0.2) is 18.2 Å². The van der Waals surface area contributed by atoms with E-state index in [1.165, 1.54) is 18.2 Å². The minimum absolute atomic E-state index is 0.0363. The van der Waals surface area contributed by atoms with E-state index in [0.29, 0.717) is 30.5 Å². The van der Waals surface area contributed by atoms with Crippen molar-refractivity contribution >= 4 is 27.5 Å². The molecule has 2 aliphatic heterocycles. The summed E-state index contributed by atoms with van der Waals surface area (Å²) in [6.45, 7) is 1.71. The van der Waals surface area contributed by atoms with E-state index in [-0.39, 0.29) is 42.0 Å². The quantitative estimate of drug-likeness (QED) is 0.511. The minimum Gasteiger partial charge on any atom is -0.332 e. The molecule has 3 atom stereocenters. The number of unbranched alkanes of at least 4 members (excludes halogenated alkanes) is 1. The van der Waals surface area contributed by atoms with Gasteiger partial charge < -0.3 is 16.0 Å². The Kier molecular flexibility index (Phi) is 5.17. The molecule has 0 radical (unpaired) electrons. The van der Waals surface area contributed by atoms with E-state index < -0.39 is 15.1 Å². The first-order chi connectivity index (χ1) is 12.3. The molecule has 3 rings (SSSR count). The molecule has 3 N–H and O–H groups in total. The molecule has 0 spiro atoms. The van der Waals surface area contributed by atoms with Gasteiger partial charge in [-0.05, 0) is 43.5 Å². The highest BCUT2D eigenvalue weighted by Crippen LogP contribution is 2.28. The number of carbonyl (C=O) groups is 2. The van der Waals surface area contributed by atoms with E-state index >= 15 is 0 Å². The summed E-state index contributed by atoms with van der Waals surface area (Å²) in [6, 6.07) is 3.08. The highest BCUT2D eigenvalue weighted by atomic mass is 32.2. The number of sulfone groups is 1. The zero-order valence-corrected chi connectivity index (χ0v) is 15.2. The van der Waals surface area contributed by atoms with Crippen molar-refractivity contribution in [1.82, 2.24) is 10.6 Å². The molecule has 9 heteroatoms. The molecule has 2 fully saturated rings. The van der Waals surface area contributed by atoms with E-state index in [4.69, 9.17) is 0 Å². The van der Waals surface area contributed by atoms with Crippen molar-refractivity contribution in [3.63, 3.8) is 0 Å². The first kappa shape index (κ1) is 18.6. The number of fused-ring (bicyclic) bond motifs is 1. The molecule has 0 bridgehead atoms. The van der Waals surface area contributed by atoms with Crippen molar-refractivity contribution in [3.8, 4) is 0 Å². The number of carbonyl (C=O) groups excluding carboxylic acids is 2. The Morgan fingerprint density at radius 3 is 2.81 bits per heavy atom. The van der Waals surface area contributed by atoms with E-state index in [0.717, 1.165) is 0 Å². The molecular weight excluding hydrogens is 361 g/mol. The maximum absolute atomic E-state index is 13.1. The standard InChI is InChI=1S/C17H22FN3O4S/c1-10-8-11(18)6-7-12(10)19-15(22)5-3-2-4-14-16-13(9-26(14,24)25)20-17(23)21-16/h6-8,13-14,16H,2-5,9H2,1H3,(H,19,22)(H2,20,21,23)/t13-,14-,16-/m1/s1. The van der Waals surface area contributed by atoms with E-state index in [2.05, 4.69) is 16.0 Å². The molecule has 2 heterocycles. The molecule has 26 heavy (non-hydrogen) atoms. The van der Waals surface area contributed by atoms with Gasteiger partial charge in [-0.3, -0.25) is 4.79 Å². The van der Waals surface area contributed by atoms with Gasteiger partial charge >= 0.3 is 6.03 Å². The lowest BCUT2D eigenvalue weighted by atomic mass is 10.0. The number of anilines is 1. The van der Waals surface area contributed by atoms with Crippen molar-refractivity contribution in [2.45, 2.75) is 49.9 Å². The van der Waals surface area contributed by atoms with Gasteiger partial charge in [-0.2, -0.15) is 0 Å². The average Bonchev–Trinajstić information content (AvgIpc) is 2.99. The fourth-order valence-corrected chi connectivity index (χ4v) is 5.89. The summed E-state index contributed by atoms with van der Waals surface area (Å²) in [5.74, 6) is -0.585. The fourth-order valence-electron chi connectivity index (χ4n) is 3.62. The second-order valence-corrected chi connectivity index (χ2v) is 9.14. The Morgan fingerprint density at radius 2 is 2.08 bits per heavy atom. The summed E-state index contributed by atoms with van der Waals surface area (Å²) >= 11 is 0. The molecule has 7 nitrogen and oxygen atoms in total. The SMILES string of the molecule is Cc1cc(F)ccc1NC(=O)CCCC[C@@H]1[C@@H]2NC(=O)N[C@@H]2CS1(=O)=O. The Morgan fingerprint density at radius 1 is 1.31 bits per heavy atom. The lowest BCUT2D eigenvalue weighted by molar-refractivity contribution is -0.116. The fraction of sp³-hybridized carbons (Fsp3) is 0.529. The molecule has 1 aromatic carbocycles. The van der Waals surface area contributed by atoms with Crippen LogP contribution in [0.3, 0.4) is 0 Å². The zero-order chi connectivity index (χ0) is 18.9. The van der Waals surface area contributed by atoms with Crippen LogP contribution in [-0.4, -0.2) is 43.4 Å². The number of benzene rings is 1. The Hall–Kier alpha value is -2.16. The minimum atomic E-state index is -3.24. The summed E-state index contributed by atoms with van der Waals surface area (Å²) in [6.07, 6.45) is 1.77. The van der Waals surface area contributed by atoms with Crippen LogP contribution in [-0.2, 0) is 14.6 Å². The first-order valence-electron chi connectivity index (χ1n) is 8.61. The number of nitrogens with one attached hydrogen (secondary N) is 3. The number of hydrogen-bond donors (Lipinski definition) is 3. The highest BCUT2D eigenvalue weighted by Gasteiger charge is 2.51. The third-order valence-electron chi connectivity index (χ3n) is 4.93. The van der Waals surface area contributed by atoms with Crippen LogP contribution in [0.1, 0.15) is 31.2 Å². The number of urea groups is 1. The Labute approximate surface area is 151 Å². The normalized spacial score (nSPS) is 26.1. The molecule has 0 saturated carbocycles. The Balaban J connectivity index is 1.46. The van der Waals surface area contributed by atoms with Crippen molar-refractivity contribution in [3.05, 3.63) is 29.6 Å². The molecule has 1 aromatic rings. The summed E-state index contributed by atoms with van der Waals surface area (Å²) in [5, 5.41) is 7.43. The van der Waals surface area contributed by atoms with E-state index in [1.54, 1.807) is 6.92 Å². The molecule has 2 aliphatic rings. The van der Waals surface area contributed by atoms with Crippen molar-refractivity contribution in [1.29, 1.82) is 0 Å². The van der Waals surface area contributed by atoms with Gasteiger partial charge in [0.1, 0.15) is 5.82 Å². The molecule has 2 saturated heterocycles. The molecular formula is C17H22FN3O4S. The van der Waals surface area contributed by atoms with Gasteiger partial charge in [0.25, 0.3) is 0 Å². The van der Waals surface area contributed by atoms with Crippen LogP contribution >= 0.6 is 0 Å². The van der Waals surface area contributed by atoms with Gasteiger partial charge in [-0.15, -0.1) is 0 Å². The molecule has 0 aliphatic carbocycles. The molecule has 142 valence electrons. The van der Waals surface area contributed by atoms with Gasteiger partial charge in [0.05, 0.1) is 23.1 Å². The van der Waals surface area contributed by atoms with Crippen LogP contribution in [0.25, 0.3) is 0 Å². The third kappa shape index (κ3) is 3.98. The highest BCUT2D eigenvalue weighted by molar-refractivity contribution is 7.92. The van der Waals surface area contributed by atoms with Crippen molar-refractivity contribution in [2.75, 3.05) is 11.1 Å². The smallest absolute Gasteiger partial charge is 0.315 e. The van der Waals surface area contributed by atoms with Gasteiger partial charge in [0, 0.05) is 12.1 Å². The van der Waals surface area contributed by atoms with E-state index in [1.807, 2.05) is 0 Å². The average molecular weight is 383 g/mol. The monoisotopic (exact) mass is 383 g/mol. The van der Waals surface area contributed by atoms with Crippen LogP contribution in [0.5, 0.6) is 0 Å². The van der Waals surface area contributed by atoms with Crippen LogP contribution in [0.4, 0.5) is 14.9 Å². The predicted molar refractivity (Wildman–Crippen MR) is 95.1 cm³/mol. The largest absolute Gasteiger partial charge is 0.332 e. The maximum atomic E-state index is 13.1. The summed E-state index contributed by atoms with van der Waals surface area (Å²) in [4.78, 5) is 23.4. The first-order valence-corrected chi connectivity index (χ1v) is 10.3. The summed E-state index contributed by atoms with van der Waals surface area (Å²) < 4.78 is 37.5. The molecule has 0 unspecified atom stereocenters. The van der Waals surface area contributed by atoms with Gasteiger partial charge in [-0.1, -0.05) is 6.42 Å². The van der Waals surface area contributed by atoms with E-state index in [9.17, 15) is 22.4 Å².